The molecule has 3 rings (SSSR count). The molecule has 3 aromatic rings. The molecular weight excluding hydrogens is 326 g/mol. The van der Waals surface area contributed by atoms with E-state index >= 15 is 0 Å². The fraction of sp³-hybridized carbons (Fsp3) is 0.136. The van der Waals surface area contributed by atoms with Gasteiger partial charge in [0.1, 0.15) is 0 Å². The Bertz CT molecular complexity index is 782. The third-order valence-electron chi connectivity index (χ3n) is 4.35. The van der Waals surface area contributed by atoms with Gasteiger partial charge in [-0.1, -0.05) is 78.9 Å². The molecule has 0 aromatic heterocycles. The topological polar surface area (TPSA) is 49.8 Å². The van der Waals surface area contributed by atoms with E-state index in [-0.39, 0.29) is 0 Å². The molecule has 0 unspecified atom stereocenters. The first-order valence-corrected chi connectivity index (χ1v) is 8.43. The van der Waals surface area contributed by atoms with Crippen molar-refractivity contribution in [3.05, 3.63) is 102 Å². The Balaban J connectivity index is 2.13. The molecule has 3 aromatic carbocycles. The van der Waals surface area contributed by atoms with Crippen LogP contribution in [0.4, 0.5) is 5.69 Å². The van der Waals surface area contributed by atoms with Crippen LogP contribution >= 0.6 is 0 Å². The quantitative estimate of drug-likeness (QED) is 0.646. The van der Waals surface area contributed by atoms with Crippen molar-refractivity contribution >= 4 is 11.7 Å². The lowest BCUT2D eigenvalue weighted by Gasteiger charge is -2.34. The summed E-state index contributed by atoms with van der Waals surface area (Å²) in [6, 6.07) is 27.7. The number of hydrogen-bond acceptors (Lipinski definition) is 3. The van der Waals surface area contributed by atoms with Gasteiger partial charge in [-0.3, -0.25) is 4.84 Å². The minimum atomic E-state index is -0.951. The van der Waals surface area contributed by atoms with E-state index in [4.69, 9.17) is 4.84 Å². The highest BCUT2D eigenvalue weighted by Crippen LogP contribution is 2.33. The van der Waals surface area contributed by atoms with Crippen LogP contribution < -0.4 is 5.06 Å². The first kappa shape index (κ1) is 17.7. The zero-order valence-corrected chi connectivity index (χ0v) is 14.5. The second-order valence-electron chi connectivity index (χ2n) is 5.93. The Labute approximate surface area is 153 Å². The SMILES string of the molecule is CON(c1ccccc1)[C@H](C(=O)O)C(c1ccccc1)c1ccccc1. The van der Waals surface area contributed by atoms with Crippen molar-refractivity contribution in [2.24, 2.45) is 0 Å². The zero-order chi connectivity index (χ0) is 18.4. The molecule has 0 aliphatic heterocycles. The van der Waals surface area contributed by atoms with Crippen molar-refractivity contribution in [1.82, 2.24) is 0 Å². The summed E-state index contributed by atoms with van der Waals surface area (Å²) < 4.78 is 0. The molecule has 0 aliphatic rings. The van der Waals surface area contributed by atoms with E-state index in [1.54, 1.807) is 0 Å². The molecule has 1 atom stereocenters. The molecule has 0 radical (unpaired) electrons. The van der Waals surface area contributed by atoms with Crippen molar-refractivity contribution in [2.75, 3.05) is 12.2 Å². The lowest BCUT2D eigenvalue weighted by Crippen LogP contribution is -2.45. The average molecular weight is 347 g/mol. The van der Waals surface area contributed by atoms with Crippen molar-refractivity contribution in [3.63, 3.8) is 0 Å². The van der Waals surface area contributed by atoms with Crippen molar-refractivity contribution < 1.29 is 14.7 Å². The number of rotatable bonds is 7. The van der Waals surface area contributed by atoms with Crippen LogP contribution in [-0.2, 0) is 9.63 Å². The number of hydroxylamine groups is 1. The molecule has 0 heterocycles. The van der Waals surface area contributed by atoms with Crippen LogP contribution in [0.5, 0.6) is 0 Å². The maximum atomic E-state index is 12.3. The number of hydrogen-bond donors (Lipinski definition) is 1. The molecular formula is C22H21NO3. The minimum Gasteiger partial charge on any atom is -0.480 e. The van der Waals surface area contributed by atoms with Gasteiger partial charge in [0.15, 0.2) is 6.04 Å². The van der Waals surface area contributed by atoms with Crippen LogP contribution in [0.1, 0.15) is 17.0 Å². The number of nitrogens with zero attached hydrogens (tertiary/aromatic N) is 1. The third kappa shape index (κ3) is 3.76. The summed E-state index contributed by atoms with van der Waals surface area (Å²) in [4.78, 5) is 17.9. The molecule has 0 spiro atoms. The van der Waals surface area contributed by atoms with E-state index in [0.717, 1.165) is 11.1 Å². The number of anilines is 1. The van der Waals surface area contributed by atoms with Crippen molar-refractivity contribution in [3.8, 4) is 0 Å². The normalized spacial score (nSPS) is 11.9. The maximum Gasteiger partial charge on any atom is 0.329 e. The lowest BCUT2D eigenvalue weighted by atomic mass is 9.84. The Morgan fingerprint density at radius 2 is 1.23 bits per heavy atom. The van der Waals surface area contributed by atoms with E-state index in [0.29, 0.717) is 5.69 Å². The molecule has 0 fully saturated rings. The second kappa shape index (κ2) is 8.32. The van der Waals surface area contributed by atoms with Gasteiger partial charge in [0, 0.05) is 5.92 Å². The highest BCUT2D eigenvalue weighted by molar-refractivity contribution is 5.80. The average Bonchev–Trinajstić information content (AvgIpc) is 2.70. The standard InChI is InChI=1S/C22H21NO3/c1-26-23(19-15-9-4-10-16-19)21(22(24)25)20(17-11-5-2-6-12-17)18-13-7-3-8-14-18/h2-16,20-21H,1H3,(H,24,25)/t21-/m0/s1. The summed E-state index contributed by atoms with van der Waals surface area (Å²) in [5.74, 6) is -1.34. The van der Waals surface area contributed by atoms with Crippen LogP contribution in [0.2, 0.25) is 0 Å². The lowest BCUT2D eigenvalue weighted by molar-refractivity contribution is -0.141. The molecule has 132 valence electrons. The molecule has 0 saturated carbocycles. The first-order chi connectivity index (χ1) is 12.7. The minimum absolute atomic E-state index is 0.393. The van der Waals surface area contributed by atoms with Crippen LogP contribution in [0.3, 0.4) is 0 Å². The molecule has 0 saturated heterocycles. The van der Waals surface area contributed by atoms with Gasteiger partial charge in [0.25, 0.3) is 0 Å². The summed E-state index contributed by atoms with van der Waals surface area (Å²) in [6.07, 6.45) is 0. The predicted octanol–water partition coefficient (Wildman–Crippen LogP) is 4.34. The van der Waals surface area contributed by atoms with E-state index in [2.05, 4.69) is 0 Å². The van der Waals surface area contributed by atoms with E-state index in [1.807, 2.05) is 91.0 Å². The number of carboxylic acid groups (broad SMARTS) is 1. The summed E-state index contributed by atoms with van der Waals surface area (Å²) >= 11 is 0. The monoisotopic (exact) mass is 347 g/mol. The smallest absolute Gasteiger partial charge is 0.329 e. The first-order valence-electron chi connectivity index (χ1n) is 8.43. The Morgan fingerprint density at radius 3 is 1.62 bits per heavy atom. The maximum absolute atomic E-state index is 12.3. The molecule has 4 heteroatoms. The highest BCUT2D eigenvalue weighted by Gasteiger charge is 2.36. The Hall–Kier alpha value is -3.11. The largest absolute Gasteiger partial charge is 0.480 e. The number of para-hydroxylation sites is 1. The van der Waals surface area contributed by atoms with Crippen LogP contribution in [0.15, 0.2) is 91.0 Å². The molecule has 0 amide bonds. The fourth-order valence-electron chi connectivity index (χ4n) is 3.21. The Kier molecular flexibility index (Phi) is 5.66. The van der Waals surface area contributed by atoms with Gasteiger partial charge < -0.3 is 5.11 Å². The van der Waals surface area contributed by atoms with Crippen LogP contribution in [0, 0.1) is 0 Å². The molecule has 4 nitrogen and oxygen atoms in total. The van der Waals surface area contributed by atoms with Gasteiger partial charge in [-0.25, -0.2) is 9.86 Å². The number of aliphatic carboxylic acids is 1. The van der Waals surface area contributed by atoms with E-state index in [1.165, 1.54) is 12.2 Å². The van der Waals surface area contributed by atoms with Crippen LogP contribution in [0.25, 0.3) is 0 Å². The van der Waals surface area contributed by atoms with Crippen molar-refractivity contribution in [1.29, 1.82) is 0 Å². The summed E-state index contributed by atoms with van der Waals surface area (Å²) in [5, 5.41) is 11.6. The second-order valence-corrected chi connectivity index (χ2v) is 5.93. The molecule has 0 bridgehead atoms. The van der Waals surface area contributed by atoms with Gasteiger partial charge in [-0.15, -0.1) is 0 Å². The summed E-state index contributed by atoms with van der Waals surface area (Å²) in [7, 11) is 1.50. The molecule has 0 aliphatic carbocycles. The third-order valence-corrected chi connectivity index (χ3v) is 4.35. The van der Waals surface area contributed by atoms with Crippen LogP contribution in [-0.4, -0.2) is 24.2 Å². The summed E-state index contributed by atoms with van der Waals surface area (Å²) in [6.45, 7) is 0. The van der Waals surface area contributed by atoms with Gasteiger partial charge in [-0.05, 0) is 23.3 Å². The van der Waals surface area contributed by atoms with Gasteiger partial charge in [0.05, 0.1) is 12.8 Å². The number of benzene rings is 3. The predicted molar refractivity (Wildman–Crippen MR) is 102 cm³/mol. The zero-order valence-electron chi connectivity index (χ0n) is 14.5. The number of carbonyl (C=O) groups is 1. The van der Waals surface area contributed by atoms with Gasteiger partial charge in [-0.2, -0.15) is 0 Å². The van der Waals surface area contributed by atoms with Gasteiger partial charge in [0.2, 0.25) is 0 Å². The van der Waals surface area contributed by atoms with E-state index < -0.39 is 17.9 Å². The fourth-order valence-corrected chi connectivity index (χ4v) is 3.21. The number of carboxylic acids is 1. The Morgan fingerprint density at radius 1 is 0.808 bits per heavy atom. The highest BCUT2D eigenvalue weighted by atomic mass is 16.7. The molecule has 1 N–H and O–H groups in total. The summed E-state index contributed by atoms with van der Waals surface area (Å²) in [5.41, 5.74) is 2.53. The van der Waals surface area contributed by atoms with Crippen molar-refractivity contribution in [2.45, 2.75) is 12.0 Å². The van der Waals surface area contributed by atoms with Gasteiger partial charge >= 0.3 is 5.97 Å². The van der Waals surface area contributed by atoms with E-state index in [9.17, 15) is 9.90 Å². The molecule has 26 heavy (non-hydrogen) atoms.